The summed E-state index contributed by atoms with van der Waals surface area (Å²) in [4.78, 5) is 25.4. The molecule has 6 nitrogen and oxygen atoms in total. The fraction of sp³-hybridized carbons (Fsp3) is 0.429. The van der Waals surface area contributed by atoms with Gasteiger partial charge in [-0.15, -0.1) is 0 Å². The summed E-state index contributed by atoms with van der Waals surface area (Å²) in [5, 5.41) is 11.3. The van der Waals surface area contributed by atoms with Crippen LogP contribution in [0.15, 0.2) is 35.0 Å². The molecule has 6 heteroatoms. The van der Waals surface area contributed by atoms with Gasteiger partial charge in [-0.05, 0) is 12.1 Å². The second-order valence-corrected chi connectivity index (χ2v) is 5.49. The first-order valence-electron chi connectivity index (χ1n) is 6.50. The standard InChI is InChI=1S/C14H13NO5/c16-12-11-10(13(17)18)9-3-4-14(11,20-9)7-15(12)6-8-2-1-5-19-8/h1-5,9-11H,6-7H2,(H,17,18)/p-1/t9-,10-,11+,14-/m0/s1. The third-order valence-electron chi connectivity index (χ3n) is 4.38. The Morgan fingerprint density at radius 3 is 3.10 bits per heavy atom. The molecule has 0 unspecified atom stereocenters. The first kappa shape index (κ1) is 11.7. The van der Waals surface area contributed by atoms with E-state index in [9.17, 15) is 14.7 Å². The highest BCUT2D eigenvalue weighted by atomic mass is 16.5. The number of hydrogen-bond donors (Lipinski definition) is 0. The van der Waals surface area contributed by atoms with Crippen LogP contribution in [0.1, 0.15) is 5.76 Å². The summed E-state index contributed by atoms with van der Waals surface area (Å²) in [6, 6.07) is 3.53. The Kier molecular flexibility index (Phi) is 2.18. The summed E-state index contributed by atoms with van der Waals surface area (Å²) in [5.74, 6) is -2.34. The highest BCUT2D eigenvalue weighted by molar-refractivity contribution is 5.90. The number of carboxylic acid groups (broad SMARTS) is 1. The van der Waals surface area contributed by atoms with E-state index in [4.69, 9.17) is 9.15 Å². The molecule has 4 heterocycles. The zero-order valence-corrected chi connectivity index (χ0v) is 10.5. The van der Waals surface area contributed by atoms with Gasteiger partial charge in [0.1, 0.15) is 11.4 Å². The Morgan fingerprint density at radius 1 is 1.55 bits per heavy atom. The van der Waals surface area contributed by atoms with Gasteiger partial charge >= 0.3 is 0 Å². The van der Waals surface area contributed by atoms with Crippen molar-refractivity contribution in [3.8, 4) is 0 Å². The maximum Gasteiger partial charge on any atom is 0.230 e. The summed E-state index contributed by atoms with van der Waals surface area (Å²) in [6.45, 7) is 0.680. The molecule has 4 rings (SSSR count). The number of ether oxygens (including phenoxy) is 1. The summed E-state index contributed by atoms with van der Waals surface area (Å²) >= 11 is 0. The lowest BCUT2D eigenvalue weighted by Crippen LogP contribution is -2.45. The van der Waals surface area contributed by atoms with Gasteiger partial charge in [-0.2, -0.15) is 0 Å². The predicted molar refractivity (Wildman–Crippen MR) is 62.9 cm³/mol. The second-order valence-electron chi connectivity index (χ2n) is 5.49. The topological polar surface area (TPSA) is 82.8 Å². The van der Waals surface area contributed by atoms with Crippen molar-refractivity contribution in [2.75, 3.05) is 6.54 Å². The lowest BCUT2D eigenvalue weighted by atomic mass is 9.77. The Morgan fingerprint density at radius 2 is 2.40 bits per heavy atom. The van der Waals surface area contributed by atoms with E-state index in [0.717, 1.165) is 0 Å². The van der Waals surface area contributed by atoms with Crippen molar-refractivity contribution >= 4 is 11.9 Å². The molecular weight excluding hydrogens is 262 g/mol. The number of amides is 1. The average molecular weight is 274 g/mol. The van der Waals surface area contributed by atoms with Crippen molar-refractivity contribution in [1.82, 2.24) is 4.90 Å². The van der Waals surface area contributed by atoms with Crippen LogP contribution in [0.3, 0.4) is 0 Å². The Balaban J connectivity index is 1.65. The van der Waals surface area contributed by atoms with Crippen LogP contribution in [-0.2, 0) is 20.9 Å². The minimum absolute atomic E-state index is 0.206. The SMILES string of the molecule is O=C([O-])[C@H]1[C@@H]2C=C[C@@]3(CN(Cc4ccco4)C(=O)[C@@H]13)O2. The van der Waals surface area contributed by atoms with Crippen molar-refractivity contribution in [2.24, 2.45) is 11.8 Å². The van der Waals surface area contributed by atoms with Gasteiger partial charge in [-0.1, -0.05) is 12.2 Å². The molecule has 4 atom stereocenters. The third kappa shape index (κ3) is 1.37. The van der Waals surface area contributed by atoms with E-state index < -0.39 is 29.5 Å². The van der Waals surface area contributed by atoms with Gasteiger partial charge in [0.05, 0.1) is 31.4 Å². The molecule has 1 aromatic rings. The molecule has 2 fully saturated rings. The molecule has 1 aromatic heterocycles. The molecule has 0 aromatic carbocycles. The molecule has 0 saturated carbocycles. The normalized spacial score (nSPS) is 37.7. The maximum atomic E-state index is 12.5. The molecule has 3 aliphatic heterocycles. The average Bonchev–Trinajstić information content (AvgIpc) is 3.12. The van der Waals surface area contributed by atoms with Gasteiger partial charge in [0, 0.05) is 11.9 Å². The number of rotatable bonds is 3. The second kappa shape index (κ2) is 3.73. The van der Waals surface area contributed by atoms with Gasteiger partial charge in [-0.25, -0.2) is 0 Å². The predicted octanol–water partition coefficient (Wildman–Crippen LogP) is -0.689. The lowest BCUT2D eigenvalue weighted by molar-refractivity contribution is -0.313. The molecule has 0 radical (unpaired) electrons. The highest BCUT2D eigenvalue weighted by Crippen LogP contribution is 2.51. The largest absolute Gasteiger partial charge is 0.550 e. The zero-order valence-electron chi connectivity index (χ0n) is 10.5. The zero-order chi connectivity index (χ0) is 13.9. The minimum Gasteiger partial charge on any atom is -0.550 e. The lowest BCUT2D eigenvalue weighted by Gasteiger charge is -2.24. The first-order chi connectivity index (χ1) is 9.61. The van der Waals surface area contributed by atoms with E-state index in [-0.39, 0.29) is 5.91 Å². The molecule has 1 amide bonds. The third-order valence-corrected chi connectivity index (χ3v) is 4.38. The number of likely N-dealkylation sites (tertiary alicyclic amines) is 1. The monoisotopic (exact) mass is 274 g/mol. The van der Waals surface area contributed by atoms with E-state index in [0.29, 0.717) is 18.8 Å². The molecule has 2 bridgehead atoms. The Hall–Kier alpha value is -2.08. The Bertz CT molecular complexity index is 607. The number of aliphatic carboxylic acids is 1. The minimum atomic E-state index is -1.22. The van der Waals surface area contributed by atoms with Gasteiger partial charge in [0.15, 0.2) is 0 Å². The molecule has 2 saturated heterocycles. The molecule has 0 aliphatic carbocycles. The van der Waals surface area contributed by atoms with Crippen LogP contribution in [0.2, 0.25) is 0 Å². The number of fused-ring (bicyclic) bond motifs is 1. The van der Waals surface area contributed by atoms with Gasteiger partial charge in [-0.3, -0.25) is 4.79 Å². The van der Waals surface area contributed by atoms with Crippen molar-refractivity contribution < 1.29 is 23.8 Å². The van der Waals surface area contributed by atoms with Gasteiger partial charge in [0.2, 0.25) is 5.91 Å². The maximum absolute atomic E-state index is 12.5. The van der Waals surface area contributed by atoms with Gasteiger partial charge < -0.3 is 24.0 Å². The number of nitrogens with zero attached hydrogens (tertiary/aromatic N) is 1. The van der Waals surface area contributed by atoms with E-state index in [1.54, 1.807) is 29.4 Å². The molecule has 3 aliphatic rings. The quantitative estimate of drug-likeness (QED) is 0.681. The van der Waals surface area contributed by atoms with Crippen molar-refractivity contribution in [1.29, 1.82) is 0 Å². The van der Waals surface area contributed by atoms with Crippen LogP contribution in [0.5, 0.6) is 0 Å². The number of hydrogen-bond acceptors (Lipinski definition) is 5. The fourth-order valence-electron chi connectivity index (χ4n) is 3.57. The van der Waals surface area contributed by atoms with Crippen LogP contribution in [0.25, 0.3) is 0 Å². The molecule has 20 heavy (non-hydrogen) atoms. The van der Waals surface area contributed by atoms with Crippen LogP contribution < -0.4 is 5.11 Å². The van der Waals surface area contributed by atoms with Gasteiger partial charge in [0.25, 0.3) is 0 Å². The summed E-state index contributed by atoms with van der Waals surface area (Å²) in [5.41, 5.74) is -0.806. The molecule has 1 spiro atoms. The number of carbonyl (C=O) groups is 2. The van der Waals surface area contributed by atoms with Crippen molar-refractivity contribution in [3.63, 3.8) is 0 Å². The smallest absolute Gasteiger partial charge is 0.230 e. The molecular formula is C14H12NO5-. The number of carbonyl (C=O) groups excluding carboxylic acids is 2. The first-order valence-corrected chi connectivity index (χ1v) is 6.50. The van der Waals surface area contributed by atoms with E-state index in [1.807, 2.05) is 6.08 Å². The highest BCUT2D eigenvalue weighted by Gasteiger charge is 2.65. The Labute approximate surface area is 114 Å². The van der Waals surface area contributed by atoms with Crippen LogP contribution in [0, 0.1) is 11.8 Å². The molecule has 0 N–H and O–H groups in total. The van der Waals surface area contributed by atoms with Crippen molar-refractivity contribution in [2.45, 2.75) is 18.2 Å². The molecule has 104 valence electrons. The summed E-state index contributed by atoms with van der Waals surface area (Å²) in [7, 11) is 0. The number of carboxylic acids is 1. The van der Waals surface area contributed by atoms with Crippen LogP contribution in [0.4, 0.5) is 0 Å². The van der Waals surface area contributed by atoms with Crippen LogP contribution >= 0.6 is 0 Å². The summed E-state index contributed by atoms with van der Waals surface area (Å²) in [6.07, 6.45) is 4.54. The van der Waals surface area contributed by atoms with E-state index >= 15 is 0 Å². The van der Waals surface area contributed by atoms with Crippen molar-refractivity contribution in [3.05, 3.63) is 36.3 Å². The summed E-state index contributed by atoms with van der Waals surface area (Å²) < 4.78 is 11.0. The van der Waals surface area contributed by atoms with Crippen LogP contribution in [-0.4, -0.2) is 35.0 Å². The van der Waals surface area contributed by atoms with E-state index in [1.165, 1.54) is 0 Å². The fourth-order valence-corrected chi connectivity index (χ4v) is 3.57. The number of furan rings is 1. The van der Waals surface area contributed by atoms with E-state index in [2.05, 4.69) is 0 Å².